The molecule has 1 fully saturated rings. The van der Waals surface area contributed by atoms with Crippen LogP contribution >= 0.6 is 0 Å². The third kappa shape index (κ3) is 3.69. The zero-order valence-corrected chi connectivity index (χ0v) is 12.1. The van der Waals surface area contributed by atoms with E-state index in [0.717, 1.165) is 0 Å². The highest BCUT2D eigenvalue weighted by molar-refractivity contribution is 7.89. The maximum Gasteiger partial charge on any atom is 0.241 e. The van der Waals surface area contributed by atoms with Crippen molar-refractivity contribution in [2.24, 2.45) is 0 Å². The Kier molecular flexibility index (Phi) is 4.64. The average Bonchev–Trinajstić information content (AvgIpc) is 2.82. The lowest BCUT2D eigenvalue weighted by molar-refractivity contribution is 0.178. The van der Waals surface area contributed by atoms with Crippen LogP contribution in [0.25, 0.3) is 0 Å². The Morgan fingerprint density at radius 3 is 2.65 bits per heavy atom. The van der Waals surface area contributed by atoms with Crippen LogP contribution in [0.4, 0.5) is 0 Å². The van der Waals surface area contributed by atoms with Gasteiger partial charge in [-0.3, -0.25) is 0 Å². The highest BCUT2D eigenvalue weighted by atomic mass is 32.2. The third-order valence-electron chi connectivity index (χ3n) is 3.09. The molecular weight excluding hydrogens is 282 g/mol. The first kappa shape index (κ1) is 15.2. The number of benzene rings is 1. The van der Waals surface area contributed by atoms with Crippen molar-refractivity contribution >= 4 is 10.0 Å². The van der Waals surface area contributed by atoms with E-state index in [1.54, 1.807) is 12.1 Å². The van der Waals surface area contributed by atoms with Crippen LogP contribution in [-0.4, -0.2) is 45.5 Å². The van der Waals surface area contributed by atoms with Gasteiger partial charge in [0.15, 0.2) is 0 Å². The van der Waals surface area contributed by atoms with Crippen LogP contribution in [0, 0.1) is 0 Å². The highest BCUT2D eigenvalue weighted by Crippen LogP contribution is 2.22. The Morgan fingerprint density at radius 2 is 2.10 bits per heavy atom. The fourth-order valence-electron chi connectivity index (χ4n) is 2.01. The van der Waals surface area contributed by atoms with Crippen LogP contribution in [0.3, 0.4) is 0 Å². The number of aliphatic hydroxyl groups excluding tert-OH is 1. The second-order valence-electron chi connectivity index (χ2n) is 5.01. The van der Waals surface area contributed by atoms with Gasteiger partial charge in [-0.2, -0.15) is 0 Å². The number of nitrogens with one attached hydrogen (secondary N) is 1. The maximum atomic E-state index is 12.3. The number of hydrogen-bond acceptors (Lipinski definition) is 5. The number of sulfonamides is 1. The van der Waals surface area contributed by atoms with Crippen LogP contribution in [-0.2, 0) is 14.8 Å². The van der Waals surface area contributed by atoms with Gasteiger partial charge in [-0.1, -0.05) is 0 Å². The van der Waals surface area contributed by atoms with Crippen LogP contribution in [0.5, 0.6) is 5.75 Å². The number of ether oxygens (including phenoxy) is 2. The molecular formula is C13H19NO5S. The van der Waals surface area contributed by atoms with Crippen molar-refractivity contribution in [1.29, 1.82) is 0 Å². The van der Waals surface area contributed by atoms with Gasteiger partial charge in [0, 0.05) is 6.61 Å². The molecule has 0 saturated carbocycles. The summed E-state index contributed by atoms with van der Waals surface area (Å²) in [5, 5.41) is 8.66. The Hall–Kier alpha value is -1.15. The number of hydrogen-bond donors (Lipinski definition) is 2. The van der Waals surface area contributed by atoms with E-state index in [4.69, 9.17) is 14.6 Å². The van der Waals surface area contributed by atoms with Crippen molar-refractivity contribution in [3.05, 3.63) is 24.3 Å². The Balaban J connectivity index is 2.09. The smallest absolute Gasteiger partial charge is 0.241 e. The van der Waals surface area contributed by atoms with Crippen LogP contribution < -0.4 is 9.46 Å². The van der Waals surface area contributed by atoms with E-state index in [1.165, 1.54) is 12.1 Å². The average molecular weight is 301 g/mol. The predicted octanol–water partition coefficient (Wildman–Crippen LogP) is 0.515. The molecule has 112 valence electrons. The fourth-order valence-corrected chi connectivity index (χ4v) is 3.43. The molecule has 0 bridgehead atoms. The Labute approximate surface area is 118 Å². The van der Waals surface area contributed by atoms with E-state index >= 15 is 0 Å². The molecule has 0 radical (unpaired) electrons. The first-order valence-electron chi connectivity index (χ1n) is 6.41. The highest BCUT2D eigenvalue weighted by Gasteiger charge is 2.34. The molecule has 0 spiro atoms. The number of rotatable bonds is 6. The molecule has 1 aliphatic heterocycles. The molecule has 1 atom stereocenters. The normalized spacial score (nSPS) is 22.9. The van der Waals surface area contributed by atoms with Crippen molar-refractivity contribution in [3.8, 4) is 5.75 Å². The Morgan fingerprint density at radius 1 is 1.40 bits per heavy atom. The van der Waals surface area contributed by atoms with Crippen LogP contribution in [0.2, 0.25) is 0 Å². The SMILES string of the molecule is CC1(NS(=O)(=O)c2ccc(OCCO)cc2)CCOC1. The van der Waals surface area contributed by atoms with Crippen LogP contribution in [0.15, 0.2) is 29.2 Å². The summed E-state index contributed by atoms with van der Waals surface area (Å²) in [4.78, 5) is 0.182. The summed E-state index contributed by atoms with van der Waals surface area (Å²) in [6, 6.07) is 6.10. The van der Waals surface area contributed by atoms with Gasteiger partial charge in [-0.25, -0.2) is 13.1 Å². The topological polar surface area (TPSA) is 84.9 Å². The monoisotopic (exact) mass is 301 g/mol. The summed E-state index contributed by atoms with van der Waals surface area (Å²) < 4.78 is 37.6. The molecule has 6 nitrogen and oxygen atoms in total. The van der Waals surface area contributed by atoms with Crippen molar-refractivity contribution in [1.82, 2.24) is 4.72 Å². The zero-order valence-electron chi connectivity index (χ0n) is 11.3. The van der Waals surface area contributed by atoms with Gasteiger partial charge in [0.25, 0.3) is 0 Å². The lowest BCUT2D eigenvalue weighted by Gasteiger charge is -2.23. The van der Waals surface area contributed by atoms with E-state index in [-0.39, 0.29) is 18.1 Å². The summed E-state index contributed by atoms with van der Waals surface area (Å²) in [5.41, 5.74) is -0.551. The predicted molar refractivity (Wildman–Crippen MR) is 73.2 cm³/mol. The lowest BCUT2D eigenvalue weighted by Crippen LogP contribution is -2.46. The van der Waals surface area contributed by atoms with Crippen LogP contribution in [0.1, 0.15) is 13.3 Å². The summed E-state index contributed by atoms with van der Waals surface area (Å²) in [7, 11) is -3.57. The molecule has 1 aliphatic rings. The van der Waals surface area contributed by atoms with Gasteiger partial charge < -0.3 is 14.6 Å². The van der Waals surface area contributed by atoms with Gasteiger partial charge in [0.2, 0.25) is 10.0 Å². The first-order chi connectivity index (χ1) is 9.45. The molecule has 1 saturated heterocycles. The largest absolute Gasteiger partial charge is 0.491 e. The summed E-state index contributed by atoms with van der Waals surface area (Å²) in [6.07, 6.45) is 0.657. The van der Waals surface area contributed by atoms with Gasteiger partial charge in [0.05, 0.1) is 23.6 Å². The third-order valence-corrected chi connectivity index (χ3v) is 4.75. The minimum Gasteiger partial charge on any atom is -0.491 e. The van der Waals surface area contributed by atoms with E-state index in [0.29, 0.717) is 25.4 Å². The first-order valence-corrected chi connectivity index (χ1v) is 7.89. The standard InChI is InChI=1S/C13H19NO5S/c1-13(6-8-18-10-13)14-20(16,17)12-4-2-11(3-5-12)19-9-7-15/h2-5,14-15H,6-10H2,1H3. The van der Waals surface area contributed by atoms with Gasteiger partial charge in [0.1, 0.15) is 12.4 Å². The molecule has 2 rings (SSSR count). The molecule has 2 N–H and O–H groups in total. The molecule has 1 aromatic carbocycles. The van der Waals surface area contributed by atoms with Crippen molar-refractivity contribution in [2.75, 3.05) is 26.4 Å². The second-order valence-corrected chi connectivity index (χ2v) is 6.69. The zero-order chi connectivity index (χ0) is 14.6. The fraction of sp³-hybridized carbons (Fsp3) is 0.538. The quantitative estimate of drug-likeness (QED) is 0.800. The van der Waals surface area contributed by atoms with Gasteiger partial charge >= 0.3 is 0 Å². The molecule has 0 aliphatic carbocycles. The molecule has 0 amide bonds. The van der Waals surface area contributed by atoms with Crippen molar-refractivity contribution < 1.29 is 23.0 Å². The Bertz CT molecular complexity index is 534. The van der Waals surface area contributed by atoms with Gasteiger partial charge in [-0.15, -0.1) is 0 Å². The molecule has 7 heteroatoms. The minimum absolute atomic E-state index is 0.0834. The molecule has 1 unspecified atom stereocenters. The van der Waals surface area contributed by atoms with Crippen molar-refractivity contribution in [2.45, 2.75) is 23.8 Å². The summed E-state index contributed by atoms with van der Waals surface area (Å²) in [6.45, 7) is 2.87. The van der Waals surface area contributed by atoms with E-state index in [9.17, 15) is 8.42 Å². The number of aliphatic hydroxyl groups is 1. The minimum atomic E-state index is -3.57. The molecule has 0 aromatic heterocycles. The summed E-state index contributed by atoms with van der Waals surface area (Å²) >= 11 is 0. The van der Waals surface area contributed by atoms with Crippen molar-refractivity contribution in [3.63, 3.8) is 0 Å². The molecule has 1 heterocycles. The van der Waals surface area contributed by atoms with E-state index < -0.39 is 15.6 Å². The van der Waals surface area contributed by atoms with E-state index in [1.807, 2.05) is 6.92 Å². The lowest BCUT2D eigenvalue weighted by atomic mass is 10.0. The molecule has 1 aromatic rings. The maximum absolute atomic E-state index is 12.3. The van der Waals surface area contributed by atoms with E-state index in [2.05, 4.69) is 4.72 Å². The molecule has 20 heavy (non-hydrogen) atoms. The summed E-state index contributed by atoms with van der Waals surface area (Å²) in [5.74, 6) is 0.522. The van der Waals surface area contributed by atoms with Gasteiger partial charge in [-0.05, 0) is 37.6 Å². The second kappa shape index (κ2) is 6.09.